The number of carbonyl (C=O) groups is 1. The molecule has 0 bridgehead atoms. The average molecular weight is 315 g/mol. The van der Waals surface area contributed by atoms with Crippen LogP contribution in [0.15, 0.2) is 24.4 Å². The summed E-state index contributed by atoms with van der Waals surface area (Å²) in [6, 6.07) is 8.23. The van der Waals surface area contributed by atoms with Crippen molar-refractivity contribution in [3.05, 3.63) is 34.2 Å². The van der Waals surface area contributed by atoms with E-state index in [9.17, 15) is 4.79 Å². The van der Waals surface area contributed by atoms with Gasteiger partial charge in [-0.25, -0.2) is 0 Å². The van der Waals surface area contributed by atoms with E-state index in [1.807, 2.05) is 29.1 Å². The first-order valence-corrected chi connectivity index (χ1v) is 7.99. The highest BCUT2D eigenvalue weighted by Gasteiger charge is 2.24. The largest absolute Gasteiger partial charge is 0.309 e. The Labute approximate surface area is 133 Å². The van der Waals surface area contributed by atoms with Crippen molar-refractivity contribution < 1.29 is 4.79 Å². The number of thiophene rings is 1. The zero-order valence-electron chi connectivity index (χ0n) is 12.3. The molecule has 1 fully saturated rings. The van der Waals surface area contributed by atoms with Gasteiger partial charge in [0.05, 0.1) is 6.04 Å². The number of aromatic nitrogens is 2. The minimum atomic E-state index is -0.107. The van der Waals surface area contributed by atoms with Crippen LogP contribution in [0, 0.1) is 11.3 Å². The van der Waals surface area contributed by atoms with Crippen molar-refractivity contribution in [2.45, 2.75) is 25.9 Å². The second-order valence-corrected chi connectivity index (χ2v) is 6.59. The molecule has 22 heavy (non-hydrogen) atoms. The van der Waals surface area contributed by atoms with Gasteiger partial charge in [-0.3, -0.25) is 14.4 Å². The third-order valence-corrected chi connectivity index (χ3v) is 4.66. The van der Waals surface area contributed by atoms with Crippen LogP contribution in [0.4, 0.5) is 5.82 Å². The molecule has 2 aromatic heterocycles. The molecule has 0 radical (unpaired) electrons. The van der Waals surface area contributed by atoms with Gasteiger partial charge in [0, 0.05) is 43.7 Å². The Morgan fingerprint density at radius 2 is 2.41 bits per heavy atom. The number of nitrogens with zero attached hydrogens (tertiary/aromatic N) is 4. The summed E-state index contributed by atoms with van der Waals surface area (Å²) in [4.78, 5) is 15.4. The summed E-state index contributed by atoms with van der Waals surface area (Å²) in [7, 11) is 0. The molecule has 114 valence electrons. The lowest BCUT2D eigenvalue weighted by atomic mass is 10.3. The fourth-order valence-corrected chi connectivity index (χ4v) is 3.55. The minimum absolute atomic E-state index is 0.107. The van der Waals surface area contributed by atoms with E-state index in [4.69, 9.17) is 5.26 Å². The van der Waals surface area contributed by atoms with Crippen molar-refractivity contribution in [2.75, 3.05) is 18.4 Å². The van der Waals surface area contributed by atoms with Crippen molar-refractivity contribution in [3.63, 3.8) is 0 Å². The molecular formula is C15H17N5OS. The molecule has 1 N–H and O–H groups in total. The van der Waals surface area contributed by atoms with Crippen LogP contribution < -0.4 is 5.32 Å². The SMILES string of the molecule is CC(=O)Nc1ccn([C@@H]2CCN(Cc3ccc(C#N)s3)C2)n1. The summed E-state index contributed by atoms with van der Waals surface area (Å²) in [5.41, 5.74) is 0. The van der Waals surface area contributed by atoms with Gasteiger partial charge in [0.25, 0.3) is 0 Å². The maximum absolute atomic E-state index is 11.0. The van der Waals surface area contributed by atoms with Gasteiger partial charge in [0.2, 0.25) is 5.91 Å². The van der Waals surface area contributed by atoms with Crippen molar-refractivity contribution in [2.24, 2.45) is 0 Å². The highest BCUT2D eigenvalue weighted by Crippen LogP contribution is 2.25. The van der Waals surface area contributed by atoms with E-state index in [-0.39, 0.29) is 5.91 Å². The topological polar surface area (TPSA) is 74.0 Å². The van der Waals surface area contributed by atoms with Gasteiger partial charge in [0.15, 0.2) is 5.82 Å². The lowest BCUT2D eigenvalue weighted by molar-refractivity contribution is -0.114. The number of anilines is 1. The molecule has 0 spiro atoms. The number of hydrogen-bond donors (Lipinski definition) is 1. The zero-order valence-corrected chi connectivity index (χ0v) is 13.1. The van der Waals surface area contributed by atoms with Gasteiger partial charge in [-0.2, -0.15) is 10.4 Å². The predicted molar refractivity (Wildman–Crippen MR) is 84.5 cm³/mol. The van der Waals surface area contributed by atoms with Crippen LogP contribution >= 0.6 is 11.3 Å². The minimum Gasteiger partial charge on any atom is -0.309 e. The maximum Gasteiger partial charge on any atom is 0.222 e. The lowest BCUT2D eigenvalue weighted by Crippen LogP contribution is -2.21. The molecule has 3 heterocycles. The van der Waals surface area contributed by atoms with Gasteiger partial charge in [-0.1, -0.05) is 0 Å². The first kappa shape index (κ1) is 14.8. The van der Waals surface area contributed by atoms with Crippen LogP contribution in [0.2, 0.25) is 0 Å². The van der Waals surface area contributed by atoms with Crippen molar-refractivity contribution in [1.29, 1.82) is 5.26 Å². The van der Waals surface area contributed by atoms with E-state index in [1.54, 1.807) is 11.3 Å². The van der Waals surface area contributed by atoms with Gasteiger partial charge in [-0.15, -0.1) is 11.3 Å². The highest BCUT2D eigenvalue weighted by molar-refractivity contribution is 7.12. The molecule has 0 unspecified atom stereocenters. The quantitative estimate of drug-likeness (QED) is 0.939. The standard InChI is InChI=1S/C15H17N5OS/c1-11(21)17-15-5-7-20(18-15)12-4-6-19(9-12)10-14-3-2-13(8-16)22-14/h2-3,5,7,12H,4,6,9-10H2,1H3,(H,17,18,21)/t12-/m1/s1. The lowest BCUT2D eigenvalue weighted by Gasteiger charge is -2.15. The van der Waals surface area contributed by atoms with Crippen molar-refractivity contribution >= 4 is 23.1 Å². The van der Waals surface area contributed by atoms with E-state index in [0.29, 0.717) is 11.9 Å². The third-order valence-electron chi connectivity index (χ3n) is 3.69. The smallest absolute Gasteiger partial charge is 0.222 e. The second-order valence-electron chi connectivity index (χ2n) is 5.42. The van der Waals surface area contributed by atoms with Crippen LogP contribution in [0.1, 0.15) is 29.1 Å². The first-order valence-electron chi connectivity index (χ1n) is 7.18. The van der Waals surface area contributed by atoms with Crippen molar-refractivity contribution in [3.8, 4) is 6.07 Å². The number of hydrogen-bond acceptors (Lipinski definition) is 5. The molecule has 1 amide bonds. The molecular weight excluding hydrogens is 298 g/mol. The maximum atomic E-state index is 11.0. The number of nitrogens with one attached hydrogen (secondary N) is 1. The molecule has 1 atom stereocenters. The van der Waals surface area contributed by atoms with E-state index >= 15 is 0 Å². The number of amides is 1. The Hall–Kier alpha value is -2.17. The average Bonchev–Trinajstić information content (AvgIpc) is 3.18. The molecule has 7 heteroatoms. The van der Waals surface area contributed by atoms with E-state index in [2.05, 4.69) is 21.4 Å². The number of rotatable bonds is 4. The Morgan fingerprint density at radius 1 is 1.55 bits per heavy atom. The Kier molecular flexibility index (Phi) is 4.22. The molecule has 6 nitrogen and oxygen atoms in total. The summed E-state index contributed by atoms with van der Waals surface area (Å²) in [6.07, 6.45) is 2.95. The number of carbonyl (C=O) groups excluding carboxylic acids is 1. The molecule has 0 aliphatic carbocycles. The van der Waals surface area contributed by atoms with Gasteiger partial charge in [-0.05, 0) is 18.6 Å². The summed E-state index contributed by atoms with van der Waals surface area (Å²) in [5, 5.41) is 16.0. The zero-order chi connectivity index (χ0) is 15.5. The molecule has 1 saturated heterocycles. The summed E-state index contributed by atoms with van der Waals surface area (Å²) in [5.74, 6) is 0.493. The molecule has 2 aromatic rings. The van der Waals surface area contributed by atoms with Crippen LogP contribution in [-0.2, 0) is 11.3 Å². The summed E-state index contributed by atoms with van der Waals surface area (Å²) >= 11 is 1.56. The normalized spacial score (nSPS) is 18.3. The predicted octanol–water partition coefficient (Wildman–Crippen LogP) is 2.22. The fourth-order valence-electron chi connectivity index (χ4n) is 2.70. The molecule has 1 aliphatic rings. The highest BCUT2D eigenvalue weighted by atomic mass is 32.1. The number of likely N-dealkylation sites (tertiary alicyclic amines) is 1. The monoisotopic (exact) mass is 315 g/mol. The Bertz CT molecular complexity index is 714. The Morgan fingerprint density at radius 3 is 3.14 bits per heavy atom. The van der Waals surface area contributed by atoms with Crippen molar-refractivity contribution in [1.82, 2.24) is 14.7 Å². The van der Waals surface area contributed by atoms with Gasteiger partial charge in [0.1, 0.15) is 10.9 Å². The Balaban J connectivity index is 1.58. The molecule has 3 rings (SSSR count). The van der Waals surface area contributed by atoms with Crippen LogP contribution in [-0.4, -0.2) is 33.7 Å². The fraction of sp³-hybridized carbons (Fsp3) is 0.400. The molecule has 1 aliphatic heterocycles. The molecule has 0 aromatic carbocycles. The van der Waals surface area contributed by atoms with Gasteiger partial charge < -0.3 is 5.32 Å². The molecule has 0 saturated carbocycles. The first-order chi connectivity index (χ1) is 10.6. The second kappa shape index (κ2) is 6.30. The van der Waals surface area contributed by atoms with Crippen LogP contribution in [0.5, 0.6) is 0 Å². The van der Waals surface area contributed by atoms with Crippen LogP contribution in [0.25, 0.3) is 0 Å². The third kappa shape index (κ3) is 3.35. The number of nitriles is 1. The van der Waals surface area contributed by atoms with E-state index < -0.39 is 0 Å². The summed E-state index contributed by atoms with van der Waals surface area (Å²) < 4.78 is 1.93. The van der Waals surface area contributed by atoms with E-state index in [0.717, 1.165) is 30.9 Å². The van der Waals surface area contributed by atoms with Crippen LogP contribution in [0.3, 0.4) is 0 Å². The summed E-state index contributed by atoms with van der Waals surface area (Å²) in [6.45, 7) is 4.30. The van der Waals surface area contributed by atoms with E-state index in [1.165, 1.54) is 11.8 Å². The van der Waals surface area contributed by atoms with Gasteiger partial charge >= 0.3 is 0 Å².